The maximum Gasteiger partial charge on any atom is 0.511 e. The molecule has 29 heavy (non-hydrogen) atoms. The summed E-state index contributed by atoms with van der Waals surface area (Å²) >= 11 is 0. The highest BCUT2D eigenvalue weighted by atomic mass is 16.8. The Morgan fingerprint density at radius 1 is 1.10 bits per heavy atom. The molecular weight excluding hydrogens is 382 g/mol. The van der Waals surface area contributed by atoms with Crippen molar-refractivity contribution in [1.29, 1.82) is 0 Å². The molecule has 9 nitrogen and oxygen atoms in total. The quantitative estimate of drug-likeness (QED) is 0.400. The molecule has 2 heterocycles. The third-order valence-corrected chi connectivity index (χ3v) is 5.71. The Balaban J connectivity index is 1.82. The zero-order valence-electron chi connectivity index (χ0n) is 17.4. The first kappa shape index (κ1) is 21.6. The maximum atomic E-state index is 13.0. The highest BCUT2D eigenvalue weighted by molar-refractivity contribution is 6.01. The fourth-order valence-electron chi connectivity index (χ4n) is 4.66. The average Bonchev–Trinajstić information content (AvgIpc) is 2.91. The number of nitrogens with zero attached hydrogens (tertiary/aromatic N) is 1. The number of rotatable bonds is 6. The molecule has 162 valence electrons. The number of aliphatic hydroxyl groups excluding tert-OH is 1. The van der Waals surface area contributed by atoms with Crippen molar-refractivity contribution in [2.75, 3.05) is 7.11 Å². The summed E-state index contributed by atoms with van der Waals surface area (Å²) in [7, 11) is 1.57. The van der Waals surface area contributed by atoms with Crippen LogP contribution in [0.3, 0.4) is 0 Å². The number of aliphatic hydroxyl groups is 1. The van der Waals surface area contributed by atoms with Gasteiger partial charge in [0.1, 0.15) is 5.70 Å². The number of hydrogen-bond acceptors (Lipinski definition) is 8. The lowest BCUT2D eigenvalue weighted by Crippen LogP contribution is -2.64. The van der Waals surface area contributed by atoms with Gasteiger partial charge in [0, 0.05) is 20.0 Å². The normalized spacial score (nSPS) is 30.3. The van der Waals surface area contributed by atoms with E-state index in [0.29, 0.717) is 0 Å². The van der Waals surface area contributed by atoms with Crippen molar-refractivity contribution in [3.8, 4) is 0 Å². The van der Waals surface area contributed by atoms with Gasteiger partial charge in [-0.1, -0.05) is 0 Å². The van der Waals surface area contributed by atoms with Crippen LogP contribution in [0.4, 0.5) is 4.79 Å². The Morgan fingerprint density at radius 3 is 2.38 bits per heavy atom. The molecule has 0 bridgehead atoms. The molecular formula is C20H29NO8. The van der Waals surface area contributed by atoms with E-state index >= 15 is 0 Å². The topological polar surface area (TPSA) is 112 Å². The van der Waals surface area contributed by atoms with Crippen LogP contribution >= 0.6 is 0 Å². The Bertz CT molecular complexity index is 715. The standard InChI is InChI=1S/C20H29NO8/c1-9(2)27-20(25)29-11(4)28-19(24)17-15-12(7-6-8-13(15)26-5)16-14(10(3)22)18(23)21(16)17/h9-14,16,22H,6-8H2,1-5H3. The maximum absolute atomic E-state index is 13.0. The number of methoxy groups -OCH3 is 1. The third-order valence-electron chi connectivity index (χ3n) is 5.71. The molecule has 3 aliphatic rings. The average molecular weight is 411 g/mol. The molecule has 3 rings (SSSR count). The summed E-state index contributed by atoms with van der Waals surface area (Å²) < 4.78 is 20.7. The lowest BCUT2D eigenvalue weighted by atomic mass is 9.72. The molecule has 1 saturated heterocycles. The van der Waals surface area contributed by atoms with Gasteiger partial charge in [-0.05, 0) is 45.6 Å². The third kappa shape index (κ3) is 3.85. The second-order valence-corrected chi connectivity index (χ2v) is 8.04. The fraction of sp³-hybridized carbons (Fsp3) is 0.750. The number of carbonyl (C=O) groups excluding carboxylic acids is 3. The second-order valence-electron chi connectivity index (χ2n) is 8.04. The molecule has 6 atom stereocenters. The number of esters is 1. The van der Waals surface area contributed by atoms with E-state index in [-0.39, 0.29) is 35.8 Å². The van der Waals surface area contributed by atoms with Gasteiger partial charge in [0.2, 0.25) is 12.2 Å². The Kier molecular flexibility index (Phi) is 6.19. The predicted octanol–water partition coefficient (Wildman–Crippen LogP) is 1.73. The zero-order chi connectivity index (χ0) is 21.5. The molecule has 0 aromatic rings. The van der Waals surface area contributed by atoms with Crippen LogP contribution in [0.1, 0.15) is 47.0 Å². The smallest absolute Gasteiger partial charge is 0.431 e. The minimum Gasteiger partial charge on any atom is -0.431 e. The van der Waals surface area contributed by atoms with E-state index in [4.69, 9.17) is 18.9 Å². The molecule has 1 amide bonds. The summed E-state index contributed by atoms with van der Waals surface area (Å²) in [4.78, 5) is 38.7. The van der Waals surface area contributed by atoms with Gasteiger partial charge < -0.3 is 29.0 Å². The minimum atomic E-state index is -1.19. The molecule has 2 fully saturated rings. The van der Waals surface area contributed by atoms with Gasteiger partial charge in [-0.2, -0.15) is 0 Å². The van der Waals surface area contributed by atoms with Crippen LogP contribution in [0.25, 0.3) is 0 Å². The van der Waals surface area contributed by atoms with Gasteiger partial charge in [-0.25, -0.2) is 9.59 Å². The number of hydrogen-bond donors (Lipinski definition) is 1. The largest absolute Gasteiger partial charge is 0.511 e. The summed E-state index contributed by atoms with van der Waals surface area (Å²) in [6.07, 6.45) is -1.17. The first-order valence-corrected chi connectivity index (χ1v) is 10.0. The first-order valence-electron chi connectivity index (χ1n) is 10.0. The van der Waals surface area contributed by atoms with Gasteiger partial charge in [0.05, 0.1) is 30.3 Å². The summed E-state index contributed by atoms with van der Waals surface area (Å²) in [5.41, 5.74) is 0.892. The predicted molar refractivity (Wildman–Crippen MR) is 99.2 cm³/mol. The van der Waals surface area contributed by atoms with E-state index in [9.17, 15) is 19.5 Å². The monoisotopic (exact) mass is 411 g/mol. The van der Waals surface area contributed by atoms with E-state index < -0.39 is 30.4 Å². The molecule has 0 radical (unpaired) electrons. The second kappa shape index (κ2) is 8.31. The number of ether oxygens (including phenoxy) is 4. The van der Waals surface area contributed by atoms with Crippen LogP contribution in [0, 0.1) is 11.8 Å². The summed E-state index contributed by atoms with van der Waals surface area (Å²) in [6.45, 7) is 6.33. The van der Waals surface area contributed by atoms with Crippen molar-refractivity contribution in [2.24, 2.45) is 11.8 Å². The van der Waals surface area contributed by atoms with Crippen molar-refractivity contribution in [3.63, 3.8) is 0 Å². The molecule has 6 unspecified atom stereocenters. The summed E-state index contributed by atoms with van der Waals surface area (Å²) in [6, 6.07) is -0.278. The number of carbonyl (C=O) groups is 3. The lowest BCUT2D eigenvalue weighted by molar-refractivity contribution is -0.174. The van der Waals surface area contributed by atoms with E-state index in [1.54, 1.807) is 27.9 Å². The first-order chi connectivity index (χ1) is 13.7. The Morgan fingerprint density at radius 2 is 1.79 bits per heavy atom. The van der Waals surface area contributed by atoms with E-state index in [2.05, 4.69) is 0 Å². The minimum absolute atomic E-state index is 0.0596. The van der Waals surface area contributed by atoms with Crippen LogP contribution in [-0.4, -0.2) is 65.8 Å². The highest BCUT2D eigenvalue weighted by Gasteiger charge is 2.62. The van der Waals surface area contributed by atoms with Gasteiger partial charge in [-0.15, -0.1) is 0 Å². The molecule has 0 aromatic heterocycles. The molecule has 0 aromatic carbocycles. The van der Waals surface area contributed by atoms with E-state index in [1.807, 2.05) is 0 Å². The number of amides is 1. The number of β-lactam (4-membered cyclic amide) rings is 1. The summed E-state index contributed by atoms with van der Waals surface area (Å²) in [5.74, 6) is -1.67. The molecule has 2 aliphatic heterocycles. The van der Waals surface area contributed by atoms with Crippen molar-refractivity contribution in [3.05, 3.63) is 11.3 Å². The van der Waals surface area contributed by atoms with Crippen molar-refractivity contribution in [1.82, 2.24) is 4.90 Å². The Labute approximate surface area is 169 Å². The van der Waals surface area contributed by atoms with Gasteiger partial charge in [0.25, 0.3) is 0 Å². The van der Waals surface area contributed by atoms with Crippen LogP contribution in [0.5, 0.6) is 0 Å². The van der Waals surface area contributed by atoms with Crippen LogP contribution in [-0.2, 0) is 28.5 Å². The lowest BCUT2D eigenvalue weighted by Gasteiger charge is -2.47. The summed E-state index contributed by atoms with van der Waals surface area (Å²) in [5, 5.41) is 10.1. The van der Waals surface area contributed by atoms with Crippen LogP contribution < -0.4 is 0 Å². The number of fused-ring (bicyclic) bond motifs is 3. The SMILES string of the molecule is COC1CCCC2C1=C(C(=O)OC(C)OC(=O)OC(C)C)N1C(=O)C(C(C)O)C21. The highest BCUT2D eigenvalue weighted by Crippen LogP contribution is 2.52. The van der Waals surface area contributed by atoms with Crippen molar-refractivity contribution < 1.29 is 38.4 Å². The van der Waals surface area contributed by atoms with E-state index in [1.165, 1.54) is 11.8 Å². The Hall–Kier alpha value is -2.13. The molecule has 9 heteroatoms. The molecule has 1 N–H and O–H groups in total. The molecule has 0 spiro atoms. The van der Waals surface area contributed by atoms with E-state index in [0.717, 1.165) is 24.8 Å². The van der Waals surface area contributed by atoms with Gasteiger partial charge in [-0.3, -0.25) is 4.79 Å². The van der Waals surface area contributed by atoms with Crippen molar-refractivity contribution in [2.45, 2.75) is 77.6 Å². The zero-order valence-corrected chi connectivity index (χ0v) is 17.4. The van der Waals surface area contributed by atoms with Gasteiger partial charge in [0.15, 0.2) is 0 Å². The molecule has 1 saturated carbocycles. The van der Waals surface area contributed by atoms with Gasteiger partial charge >= 0.3 is 12.1 Å². The fourth-order valence-corrected chi connectivity index (χ4v) is 4.66. The molecule has 1 aliphatic carbocycles. The van der Waals surface area contributed by atoms with Crippen LogP contribution in [0.2, 0.25) is 0 Å². The van der Waals surface area contributed by atoms with Crippen LogP contribution in [0.15, 0.2) is 11.3 Å². The van der Waals surface area contributed by atoms with Crippen molar-refractivity contribution >= 4 is 18.0 Å².